The lowest BCUT2D eigenvalue weighted by Crippen LogP contribution is -2.00. The van der Waals surface area contributed by atoms with Gasteiger partial charge in [-0.3, -0.25) is 0 Å². The summed E-state index contributed by atoms with van der Waals surface area (Å²) in [5.41, 5.74) is 2.78. The van der Waals surface area contributed by atoms with E-state index in [-0.39, 0.29) is 6.61 Å². The lowest BCUT2D eigenvalue weighted by Gasteiger charge is -2.14. The average molecular weight is 206 g/mol. The number of hydrogen-bond donors (Lipinski definition) is 1. The molecule has 0 aromatic heterocycles. The summed E-state index contributed by atoms with van der Waals surface area (Å²) in [6.07, 6.45) is 4.35. The van der Waals surface area contributed by atoms with Crippen LogP contribution in [0.2, 0.25) is 0 Å². The molecule has 1 nitrogen and oxygen atoms in total. The van der Waals surface area contributed by atoms with Crippen LogP contribution in [0.5, 0.6) is 0 Å². The molecule has 84 valence electrons. The molecule has 0 aliphatic carbocycles. The molecule has 0 amide bonds. The Morgan fingerprint density at radius 1 is 1.13 bits per heavy atom. The van der Waals surface area contributed by atoms with Gasteiger partial charge in [0.1, 0.15) is 0 Å². The van der Waals surface area contributed by atoms with Gasteiger partial charge in [-0.15, -0.1) is 0 Å². The minimum atomic E-state index is 0.287. The minimum Gasteiger partial charge on any atom is -0.396 e. The Labute approximate surface area is 93.1 Å². The van der Waals surface area contributed by atoms with Crippen LogP contribution in [0, 0.1) is 0 Å². The molecular formula is C14H22O. The summed E-state index contributed by atoms with van der Waals surface area (Å²) < 4.78 is 0. The normalized spacial score (nSPS) is 12.7. The molecule has 0 fully saturated rings. The second kappa shape index (κ2) is 6.62. The van der Waals surface area contributed by atoms with Gasteiger partial charge in [0, 0.05) is 6.61 Å². The number of benzene rings is 1. The third-order valence-electron chi connectivity index (χ3n) is 2.96. The fourth-order valence-corrected chi connectivity index (χ4v) is 2.01. The zero-order valence-corrected chi connectivity index (χ0v) is 9.87. The van der Waals surface area contributed by atoms with E-state index in [4.69, 9.17) is 5.11 Å². The van der Waals surface area contributed by atoms with Crippen LogP contribution in [0.15, 0.2) is 24.3 Å². The molecular weight excluding hydrogens is 184 g/mol. The number of aliphatic hydroxyl groups excluding tert-OH is 1. The molecule has 1 rings (SSSR count). The van der Waals surface area contributed by atoms with Crippen molar-refractivity contribution in [3.8, 4) is 0 Å². The van der Waals surface area contributed by atoms with Crippen molar-refractivity contribution in [2.24, 2.45) is 0 Å². The van der Waals surface area contributed by atoms with Crippen molar-refractivity contribution in [2.75, 3.05) is 6.61 Å². The van der Waals surface area contributed by atoms with Gasteiger partial charge >= 0.3 is 0 Å². The Bertz CT molecular complexity index is 263. The Morgan fingerprint density at radius 2 is 1.80 bits per heavy atom. The summed E-state index contributed by atoms with van der Waals surface area (Å²) in [4.78, 5) is 0. The summed E-state index contributed by atoms with van der Waals surface area (Å²) in [5, 5.41) is 8.97. The van der Waals surface area contributed by atoms with E-state index < -0.39 is 0 Å². The smallest absolute Gasteiger partial charge is 0.0436 e. The Morgan fingerprint density at radius 3 is 2.27 bits per heavy atom. The summed E-state index contributed by atoms with van der Waals surface area (Å²) in [7, 11) is 0. The van der Waals surface area contributed by atoms with Crippen molar-refractivity contribution in [1.29, 1.82) is 0 Å². The quantitative estimate of drug-likeness (QED) is 0.755. The highest BCUT2D eigenvalue weighted by atomic mass is 16.3. The first kappa shape index (κ1) is 12.3. The summed E-state index contributed by atoms with van der Waals surface area (Å²) in [5.74, 6) is 0.519. The summed E-state index contributed by atoms with van der Waals surface area (Å²) in [6.45, 7) is 4.67. The first-order valence-electron chi connectivity index (χ1n) is 6.01. The molecule has 1 atom stereocenters. The molecule has 0 spiro atoms. The number of aryl methyl sites for hydroxylation is 1. The van der Waals surface area contributed by atoms with Crippen LogP contribution in [-0.4, -0.2) is 11.7 Å². The molecule has 0 heterocycles. The van der Waals surface area contributed by atoms with Crippen molar-refractivity contribution in [2.45, 2.75) is 45.4 Å². The van der Waals surface area contributed by atoms with Crippen LogP contribution in [0.1, 0.15) is 50.2 Å². The van der Waals surface area contributed by atoms with E-state index in [1.165, 1.54) is 17.5 Å². The standard InChI is InChI=1S/C14H22O/c1-3-5-12-6-8-14(9-7-12)13(4-2)10-11-15/h6-9,13,15H,3-5,10-11H2,1-2H3. The minimum absolute atomic E-state index is 0.287. The lowest BCUT2D eigenvalue weighted by atomic mass is 9.92. The fraction of sp³-hybridized carbons (Fsp3) is 0.571. The predicted octanol–water partition coefficient (Wildman–Crippen LogP) is 3.52. The van der Waals surface area contributed by atoms with E-state index in [0.29, 0.717) is 5.92 Å². The van der Waals surface area contributed by atoms with E-state index >= 15 is 0 Å². The SMILES string of the molecule is CCCc1ccc(C(CC)CCO)cc1. The zero-order chi connectivity index (χ0) is 11.1. The van der Waals surface area contributed by atoms with Gasteiger partial charge in [0.25, 0.3) is 0 Å². The molecule has 0 saturated carbocycles. The van der Waals surface area contributed by atoms with Crippen molar-refractivity contribution in [3.05, 3.63) is 35.4 Å². The van der Waals surface area contributed by atoms with Gasteiger partial charge in [-0.25, -0.2) is 0 Å². The van der Waals surface area contributed by atoms with Crippen LogP contribution in [-0.2, 0) is 6.42 Å². The number of aliphatic hydroxyl groups is 1. The number of rotatable bonds is 6. The molecule has 0 aliphatic heterocycles. The molecule has 0 radical (unpaired) electrons. The molecule has 15 heavy (non-hydrogen) atoms. The van der Waals surface area contributed by atoms with E-state index in [2.05, 4.69) is 38.1 Å². The fourth-order valence-electron chi connectivity index (χ4n) is 2.01. The van der Waals surface area contributed by atoms with E-state index in [0.717, 1.165) is 19.3 Å². The Balaban J connectivity index is 2.68. The third-order valence-corrected chi connectivity index (χ3v) is 2.96. The van der Waals surface area contributed by atoms with Gasteiger partial charge in [0.15, 0.2) is 0 Å². The highest BCUT2D eigenvalue weighted by molar-refractivity contribution is 5.25. The van der Waals surface area contributed by atoms with Crippen LogP contribution in [0.25, 0.3) is 0 Å². The second-order valence-electron chi connectivity index (χ2n) is 4.11. The maximum atomic E-state index is 8.97. The van der Waals surface area contributed by atoms with E-state index in [1.54, 1.807) is 0 Å². The molecule has 0 saturated heterocycles. The van der Waals surface area contributed by atoms with Gasteiger partial charge in [-0.05, 0) is 36.3 Å². The summed E-state index contributed by atoms with van der Waals surface area (Å²) >= 11 is 0. The van der Waals surface area contributed by atoms with Crippen LogP contribution in [0.4, 0.5) is 0 Å². The highest BCUT2D eigenvalue weighted by Crippen LogP contribution is 2.23. The molecule has 1 aromatic carbocycles. The average Bonchev–Trinajstić information content (AvgIpc) is 2.28. The molecule has 1 N–H and O–H groups in total. The first-order valence-corrected chi connectivity index (χ1v) is 6.01. The highest BCUT2D eigenvalue weighted by Gasteiger charge is 2.07. The maximum absolute atomic E-state index is 8.97. The van der Waals surface area contributed by atoms with Crippen molar-refractivity contribution in [1.82, 2.24) is 0 Å². The zero-order valence-electron chi connectivity index (χ0n) is 9.87. The largest absolute Gasteiger partial charge is 0.396 e. The van der Waals surface area contributed by atoms with Crippen molar-refractivity contribution >= 4 is 0 Å². The molecule has 0 bridgehead atoms. The molecule has 1 unspecified atom stereocenters. The summed E-state index contributed by atoms with van der Waals surface area (Å²) in [6, 6.07) is 8.88. The second-order valence-corrected chi connectivity index (χ2v) is 4.11. The van der Waals surface area contributed by atoms with Gasteiger partial charge < -0.3 is 5.11 Å². The van der Waals surface area contributed by atoms with Crippen molar-refractivity contribution in [3.63, 3.8) is 0 Å². The molecule has 0 aliphatic rings. The monoisotopic (exact) mass is 206 g/mol. The third kappa shape index (κ3) is 3.67. The van der Waals surface area contributed by atoms with Gasteiger partial charge in [0.05, 0.1) is 0 Å². The van der Waals surface area contributed by atoms with E-state index in [1.807, 2.05) is 0 Å². The predicted molar refractivity (Wildman–Crippen MR) is 65.2 cm³/mol. The molecule has 1 heteroatoms. The Kier molecular flexibility index (Phi) is 5.41. The number of hydrogen-bond acceptors (Lipinski definition) is 1. The topological polar surface area (TPSA) is 20.2 Å². The maximum Gasteiger partial charge on any atom is 0.0436 e. The first-order chi connectivity index (χ1) is 7.31. The lowest BCUT2D eigenvalue weighted by molar-refractivity contribution is 0.274. The Hall–Kier alpha value is -0.820. The van der Waals surface area contributed by atoms with Gasteiger partial charge in [-0.1, -0.05) is 44.5 Å². The van der Waals surface area contributed by atoms with E-state index in [9.17, 15) is 0 Å². The van der Waals surface area contributed by atoms with Crippen LogP contribution in [0.3, 0.4) is 0 Å². The van der Waals surface area contributed by atoms with Gasteiger partial charge in [-0.2, -0.15) is 0 Å². The molecule has 1 aromatic rings. The van der Waals surface area contributed by atoms with Crippen LogP contribution >= 0.6 is 0 Å². The van der Waals surface area contributed by atoms with Gasteiger partial charge in [0.2, 0.25) is 0 Å². The van der Waals surface area contributed by atoms with Crippen molar-refractivity contribution < 1.29 is 5.11 Å². The van der Waals surface area contributed by atoms with Crippen LogP contribution < -0.4 is 0 Å².